The highest BCUT2D eigenvalue weighted by molar-refractivity contribution is 7.17. The second-order valence-electron chi connectivity index (χ2n) is 6.43. The van der Waals surface area contributed by atoms with E-state index < -0.39 is 12.2 Å². The van der Waals surface area contributed by atoms with Crippen LogP contribution in [0.1, 0.15) is 16.1 Å². The highest BCUT2D eigenvalue weighted by Gasteiger charge is 2.33. The van der Waals surface area contributed by atoms with E-state index in [-0.39, 0.29) is 12.5 Å². The second kappa shape index (κ2) is 8.59. The number of carbonyl (C=O) groups is 2. The predicted octanol–water partition coefficient (Wildman–Crippen LogP) is 1.98. The Labute approximate surface area is 176 Å². The van der Waals surface area contributed by atoms with Crippen molar-refractivity contribution in [2.24, 2.45) is 4.99 Å². The average molecular weight is 432 g/mol. The third-order valence-corrected chi connectivity index (χ3v) is 5.71. The number of nitrogens with one attached hydrogen (secondary N) is 2. The molecule has 0 spiro atoms. The summed E-state index contributed by atoms with van der Waals surface area (Å²) in [6, 6.07) is 3.33. The molecule has 0 unspecified atom stereocenters. The zero-order valence-corrected chi connectivity index (χ0v) is 16.9. The van der Waals surface area contributed by atoms with Crippen LogP contribution in [0.5, 0.6) is 0 Å². The Hall–Kier alpha value is -2.96. The number of nitrogens with zero attached hydrogens (tertiary/aromatic N) is 3. The minimum Gasteiger partial charge on any atom is -0.442 e. The summed E-state index contributed by atoms with van der Waals surface area (Å²) in [5, 5.41) is 4.76. The van der Waals surface area contributed by atoms with Gasteiger partial charge in [0.1, 0.15) is 12.4 Å². The van der Waals surface area contributed by atoms with Crippen LogP contribution < -0.4 is 10.7 Å². The zero-order valence-electron chi connectivity index (χ0n) is 15.4. The van der Waals surface area contributed by atoms with E-state index in [9.17, 15) is 9.59 Å². The van der Waals surface area contributed by atoms with E-state index in [1.807, 2.05) is 17.2 Å². The van der Waals surface area contributed by atoms with E-state index in [2.05, 4.69) is 27.6 Å². The van der Waals surface area contributed by atoms with Crippen molar-refractivity contribution in [3.05, 3.63) is 44.9 Å². The summed E-state index contributed by atoms with van der Waals surface area (Å²) in [5.74, 6) is 5.88. The van der Waals surface area contributed by atoms with Crippen LogP contribution in [0.3, 0.4) is 0 Å². The van der Waals surface area contributed by atoms with Crippen molar-refractivity contribution in [2.75, 3.05) is 26.2 Å². The highest BCUT2D eigenvalue weighted by Crippen LogP contribution is 2.22. The third kappa shape index (κ3) is 4.55. The van der Waals surface area contributed by atoms with Crippen LogP contribution in [-0.2, 0) is 4.74 Å². The SMILES string of the molecule is O=C(NC[C@H]1CN(C2=CC=C(N3CCN=CN3)CC#C2)C(=O)O1)c1ccc(Cl)s1. The monoisotopic (exact) mass is 431 g/mol. The van der Waals surface area contributed by atoms with E-state index in [4.69, 9.17) is 16.3 Å². The highest BCUT2D eigenvalue weighted by atomic mass is 35.5. The van der Waals surface area contributed by atoms with Crippen molar-refractivity contribution in [1.29, 1.82) is 0 Å². The van der Waals surface area contributed by atoms with Gasteiger partial charge >= 0.3 is 6.09 Å². The number of carbonyl (C=O) groups excluding carboxylic acids is 2. The van der Waals surface area contributed by atoms with Gasteiger partial charge in [-0.25, -0.2) is 4.79 Å². The molecule has 1 aliphatic carbocycles. The first-order valence-corrected chi connectivity index (χ1v) is 10.2. The molecule has 0 saturated carbocycles. The van der Waals surface area contributed by atoms with Crippen LogP contribution in [0, 0.1) is 11.8 Å². The van der Waals surface area contributed by atoms with Crippen LogP contribution in [-0.4, -0.2) is 60.5 Å². The summed E-state index contributed by atoms with van der Waals surface area (Å²) < 4.78 is 5.93. The first-order valence-electron chi connectivity index (χ1n) is 9.03. The van der Waals surface area contributed by atoms with Gasteiger partial charge < -0.3 is 10.1 Å². The number of hydrazine groups is 1. The fraction of sp³-hybridized carbons (Fsp3) is 0.316. The summed E-state index contributed by atoms with van der Waals surface area (Å²) in [6.07, 6.45) is 5.05. The molecule has 150 valence electrons. The number of hydrogen-bond donors (Lipinski definition) is 2. The summed E-state index contributed by atoms with van der Waals surface area (Å²) in [6.45, 7) is 2.02. The number of amides is 2. The van der Waals surface area contributed by atoms with Crippen molar-refractivity contribution in [2.45, 2.75) is 12.5 Å². The Bertz CT molecular complexity index is 974. The minimum atomic E-state index is -0.468. The lowest BCUT2D eigenvalue weighted by Crippen LogP contribution is -2.41. The molecular weight excluding hydrogens is 414 g/mol. The molecule has 3 heterocycles. The second-order valence-corrected chi connectivity index (χ2v) is 8.15. The Morgan fingerprint density at radius 2 is 2.34 bits per heavy atom. The van der Waals surface area contributed by atoms with Crippen molar-refractivity contribution in [3.63, 3.8) is 0 Å². The molecule has 0 aromatic carbocycles. The molecule has 1 fully saturated rings. The lowest BCUT2D eigenvalue weighted by atomic mass is 10.3. The van der Waals surface area contributed by atoms with Gasteiger partial charge in [0.2, 0.25) is 0 Å². The van der Waals surface area contributed by atoms with Gasteiger partial charge in [-0.05, 0) is 30.2 Å². The largest absolute Gasteiger partial charge is 0.442 e. The number of ether oxygens (including phenoxy) is 1. The standard InChI is InChI=1S/C19H18ClN5O3S/c20-17-7-6-16(29-17)18(26)22-10-15-11-24(19(27)28-15)13-2-1-3-14(5-4-13)25-9-8-21-12-23-25/h4-7,12,15H,3,8-11H2,(H,21,23)(H,22,26)/t15-/m0/s1. The molecule has 2 amide bonds. The topological polar surface area (TPSA) is 86.3 Å². The van der Waals surface area contributed by atoms with Gasteiger partial charge in [0.25, 0.3) is 5.91 Å². The minimum absolute atomic E-state index is 0.218. The Morgan fingerprint density at radius 1 is 1.45 bits per heavy atom. The molecule has 3 aliphatic rings. The molecule has 0 radical (unpaired) electrons. The number of allylic oxidation sites excluding steroid dienone is 4. The van der Waals surface area contributed by atoms with Crippen LogP contribution in [0.4, 0.5) is 4.79 Å². The number of cyclic esters (lactones) is 1. The zero-order chi connectivity index (χ0) is 20.2. The van der Waals surface area contributed by atoms with Crippen LogP contribution in [0.25, 0.3) is 0 Å². The van der Waals surface area contributed by atoms with Gasteiger partial charge in [-0.1, -0.05) is 17.5 Å². The maximum absolute atomic E-state index is 12.3. The molecule has 2 aliphatic heterocycles. The molecule has 4 rings (SSSR count). The van der Waals surface area contributed by atoms with Crippen molar-refractivity contribution >= 4 is 41.3 Å². The smallest absolute Gasteiger partial charge is 0.415 e. The lowest BCUT2D eigenvalue weighted by molar-refractivity contribution is 0.0919. The number of thiophene rings is 1. The van der Waals surface area contributed by atoms with Gasteiger partial charge in [-0.2, -0.15) is 0 Å². The van der Waals surface area contributed by atoms with Crippen molar-refractivity contribution in [1.82, 2.24) is 20.7 Å². The number of hydrogen-bond acceptors (Lipinski definition) is 7. The maximum atomic E-state index is 12.3. The number of aliphatic imine (C=N–C) groups is 1. The van der Waals surface area contributed by atoms with E-state index in [1.54, 1.807) is 18.5 Å². The Balaban J connectivity index is 1.36. The molecule has 29 heavy (non-hydrogen) atoms. The molecule has 1 saturated heterocycles. The van der Waals surface area contributed by atoms with Gasteiger partial charge in [0.05, 0.1) is 47.5 Å². The van der Waals surface area contributed by atoms with Crippen LogP contribution in [0.2, 0.25) is 4.34 Å². The van der Waals surface area contributed by atoms with Gasteiger partial charge in [-0.3, -0.25) is 25.1 Å². The van der Waals surface area contributed by atoms with Crippen LogP contribution >= 0.6 is 22.9 Å². The number of halogens is 1. The molecule has 1 atom stereocenters. The Kier molecular flexibility index (Phi) is 5.74. The van der Waals surface area contributed by atoms with Crippen molar-refractivity contribution < 1.29 is 14.3 Å². The fourth-order valence-electron chi connectivity index (χ4n) is 3.02. The summed E-state index contributed by atoms with van der Waals surface area (Å²) in [5.41, 5.74) is 4.67. The van der Waals surface area contributed by atoms with Gasteiger partial charge in [-0.15, -0.1) is 11.3 Å². The normalized spacial score (nSPS) is 20.7. The molecule has 10 heteroatoms. The molecule has 8 nitrogen and oxygen atoms in total. The molecule has 2 N–H and O–H groups in total. The van der Waals surface area contributed by atoms with E-state index in [0.29, 0.717) is 27.9 Å². The first kappa shape index (κ1) is 19.4. The molecule has 1 aromatic heterocycles. The van der Waals surface area contributed by atoms with Crippen molar-refractivity contribution in [3.8, 4) is 11.8 Å². The first-order chi connectivity index (χ1) is 14.1. The summed E-state index contributed by atoms with van der Waals surface area (Å²) >= 11 is 7.06. The lowest BCUT2D eigenvalue weighted by Gasteiger charge is -2.27. The predicted molar refractivity (Wildman–Crippen MR) is 110 cm³/mol. The van der Waals surface area contributed by atoms with E-state index >= 15 is 0 Å². The summed E-state index contributed by atoms with van der Waals surface area (Å²) in [7, 11) is 0. The third-order valence-electron chi connectivity index (χ3n) is 4.48. The van der Waals surface area contributed by atoms with Gasteiger partial charge in [0.15, 0.2) is 0 Å². The molecular formula is C19H18ClN5O3S. The average Bonchev–Trinajstić information content (AvgIpc) is 3.24. The quantitative estimate of drug-likeness (QED) is 0.696. The van der Waals surface area contributed by atoms with E-state index in [1.165, 1.54) is 16.2 Å². The maximum Gasteiger partial charge on any atom is 0.415 e. The summed E-state index contributed by atoms with van der Waals surface area (Å²) in [4.78, 5) is 30.6. The number of rotatable bonds is 5. The fourth-order valence-corrected chi connectivity index (χ4v) is 3.98. The van der Waals surface area contributed by atoms with E-state index in [0.717, 1.165) is 18.8 Å². The molecule has 0 bridgehead atoms. The van der Waals surface area contributed by atoms with Crippen LogP contribution in [0.15, 0.2) is 40.7 Å². The van der Waals surface area contributed by atoms with Gasteiger partial charge in [0, 0.05) is 5.70 Å². The Morgan fingerprint density at radius 3 is 3.10 bits per heavy atom. The molecule has 1 aromatic rings.